The smallest absolute Gasteiger partial charge is 0.0590 e. The first-order valence-corrected chi connectivity index (χ1v) is 7.14. The topological polar surface area (TPSA) is 21.3 Å². The Morgan fingerprint density at radius 2 is 1.94 bits per heavy atom. The van der Waals surface area contributed by atoms with Crippen LogP contribution in [0.1, 0.15) is 11.8 Å². The van der Waals surface area contributed by atoms with Crippen molar-refractivity contribution in [2.45, 2.75) is 13.5 Å². The Morgan fingerprint density at radius 3 is 2.72 bits per heavy atom. The van der Waals surface area contributed by atoms with Gasteiger partial charge in [0.15, 0.2) is 0 Å². The molecule has 0 radical (unpaired) electrons. The van der Waals surface area contributed by atoms with Crippen molar-refractivity contribution in [3.63, 3.8) is 0 Å². The van der Waals surface area contributed by atoms with E-state index in [1.54, 1.807) is 0 Å². The van der Waals surface area contributed by atoms with Crippen molar-refractivity contribution in [3.8, 4) is 10.4 Å². The van der Waals surface area contributed by atoms with Gasteiger partial charge in [0.25, 0.3) is 0 Å². The Balaban J connectivity index is 1.83. The van der Waals surface area contributed by atoms with Crippen LogP contribution in [0.5, 0.6) is 0 Å². The van der Waals surface area contributed by atoms with Crippen LogP contribution in [-0.4, -0.2) is 19.8 Å². The summed E-state index contributed by atoms with van der Waals surface area (Å²) in [6.07, 6.45) is 0. The summed E-state index contributed by atoms with van der Waals surface area (Å²) in [7, 11) is 0. The molecule has 0 saturated carbocycles. The normalized spacial score (nSPS) is 10.7. The highest BCUT2D eigenvalue weighted by Crippen LogP contribution is 2.27. The molecular weight excluding hydrogens is 242 g/mol. The molecule has 0 aliphatic rings. The number of ether oxygens (including phenoxy) is 1. The fourth-order valence-electron chi connectivity index (χ4n) is 1.73. The van der Waals surface area contributed by atoms with Crippen molar-refractivity contribution in [1.82, 2.24) is 5.32 Å². The van der Waals surface area contributed by atoms with E-state index in [-0.39, 0.29) is 0 Å². The van der Waals surface area contributed by atoms with Gasteiger partial charge in [-0.3, -0.25) is 0 Å². The molecule has 2 rings (SSSR count). The van der Waals surface area contributed by atoms with Crippen molar-refractivity contribution in [2.75, 3.05) is 19.8 Å². The molecule has 0 saturated heterocycles. The number of benzene rings is 1. The van der Waals surface area contributed by atoms with Crippen LogP contribution in [0.15, 0.2) is 42.5 Å². The van der Waals surface area contributed by atoms with E-state index in [1.165, 1.54) is 15.3 Å². The lowest BCUT2D eigenvalue weighted by Crippen LogP contribution is -2.18. The minimum atomic E-state index is 0.785. The predicted molar refractivity (Wildman–Crippen MR) is 78.0 cm³/mol. The maximum absolute atomic E-state index is 5.29. The van der Waals surface area contributed by atoms with Gasteiger partial charge < -0.3 is 10.1 Å². The van der Waals surface area contributed by atoms with Crippen LogP contribution >= 0.6 is 11.3 Å². The van der Waals surface area contributed by atoms with Gasteiger partial charge in [0.2, 0.25) is 0 Å². The third-order valence-electron chi connectivity index (χ3n) is 2.65. The maximum atomic E-state index is 5.29. The van der Waals surface area contributed by atoms with Crippen molar-refractivity contribution >= 4 is 11.3 Å². The van der Waals surface area contributed by atoms with Crippen molar-refractivity contribution in [3.05, 3.63) is 47.3 Å². The average molecular weight is 261 g/mol. The fourth-order valence-corrected chi connectivity index (χ4v) is 2.71. The second-order valence-corrected chi connectivity index (χ2v) is 5.17. The second kappa shape index (κ2) is 7.31. The van der Waals surface area contributed by atoms with E-state index in [4.69, 9.17) is 4.74 Å². The summed E-state index contributed by atoms with van der Waals surface area (Å²) in [6, 6.07) is 14.9. The number of thiophene rings is 1. The van der Waals surface area contributed by atoms with Gasteiger partial charge in [0, 0.05) is 29.5 Å². The summed E-state index contributed by atoms with van der Waals surface area (Å²) in [5.74, 6) is 0. The Hall–Kier alpha value is -1.16. The summed E-state index contributed by atoms with van der Waals surface area (Å²) in [5.41, 5.74) is 1.29. The number of hydrogen-bond donors (Lipinski definition) is 1. The van der Waals surface area contributed by atoms with Gasteiger partial charge in [0.1, 0.15) is 0 Å². The first-order valence-electron chi connectivity index (χ1n) is 6.32. The zero-order valence-electron chi connectivity index (χ0n) is 10.7. The lowest BCUT2D eigenvalue weighted by Gasteiger charge is -2.02. The molecule has 0 aliphatic carbocycles. The van der Waals surface area contributed by atoms with E-state index in [1.807, 2.05) is 24.3 Å². The first-order chi connectivity index (χ1) is 8.90. The van der Waals surface area contributed by atoms with E-state index in [0.717, 1.165) is 26.3 Å². The van der Waals surface area contributed by atoms with Crippen LogP contribution in [-0.2, 0) is 11.3 Å². The van der Waals surface area contributed by atoms with E-state index in [0.29, 0.717) is 0 Å². The third kappa shape index (κ3) is 3.95. The van der Waals surface area contributed by atoms with Crippen molar-refractivity contribution in [1.29, 1.82) is 0 Å². The average Bonchev–Trinajstić information content (AvgIpc) is 2.88. The standard InChI is InChI=1S/C15H19NOS/c1-2-17-11-10-16-12-14-8-9-15(18-14)13-6-4-3-5-7-13/h3-9,16H,2,10-12H2,1H3. The van der Waals surface area contributed by atoms with Gasteiger partial charge in [-0.15, -0.1) is 11.3 Å². The minimum absolute atomic E-state index is 0.785. The van der Waals surface area contributed by atoms with Crippen LogP contribution in [0.2, 0.25) is 0 Å². The largest absolute Gasteiger partial charge is 0.380 e. The van der Waals surface area contributed by atoms with Crippen LogP contribution in [0.3, 0.4) is 0 Å². The molecule has 0 unspecified atom stereocenters. The minimum Gasteiger partial charge on any atom is -0.380 e. The molecule has 1 heterocycles. The highest BCUT2D eigenvalue weighted by Gasteiger charge is 2.01. The molecule has 96 valence electrons. The van der Waals surface area contributed by atoms with Gasteiger partial charge in [-0.25, -0.2) is 0 Å². The zero-order valence-corrected chi connectivity index (χ0v) is 11.5. The molecule has 1 N–H and O–H groups in total. The molecule has 2 aromatic rings. The molecule has 0 atom stereocenters. The van der Waals surface area contributed by atoms with Gasteiger partial charge in [-0.1, -0.05) is 30.3 Å². The molecule has 0 amide bonds. The second-order valence-electron chi connectivity index (χ2n) is 4.01. The molecule has 1 aromatic carbocycles. The Morgan fingerprint density at radius 1 is 1.11 bits per heavy atom. The monoisotopic (exact) mass is 261 g/mol. The lowest BCUT2D eigenvalue weighted by atomic mass is 10.2. The number of rotatable bonds is 7. The molecule has 2 nitrogen and oxygen atoms in total. The molecule has 0 aliphatic heterocycles. The van der Waals surface area contributed by atoms with Gasteiger partial charge >= 0.3 is 0 Å². The molecule has 1 aromatic heterocycles. The van der Waals surface area contributed by atoms with Gasteiger partial charge in [-0.2, -0.15) is 0 Å². The number of hydrogen-bond acceptors (Lipinski definition) is 3. The Kier molecular flexibility index (Phi) is 5.39. The predicted octanol–water partition coefficient (Wildman–Crippen LogP) is 3.54. The molecule has 3 heteroatoms. The summed E-state index contributed by atoms with van der Waals surface area (Å²) in [4.78, 5) is 2.70. The van der Waals surface area contributed by atoms with Crippen LogP contribution in [0.25, 0.3) is 10.4 Å². The summed E-state index contributed by atoms with van der Waals surface area (Å²) < 4.78 is 5.29. The van der Waals surface area contributed by atoms with Crippen molar-refractivity contribution < 1.29 is 4.74 Å². The quantitative estimate of drug-likeness (QED) is 0.770. The molecule has 0 bridgehead atoms. The van der Waals surface area contributed by atoms with Crippen molar-refractivity contribution in [2.24, 2.45) is 0 Å². The third-order valence-corrected chi connectivity index (χ3v) is 3.78. The molecule has 0 fully saturated rings. The van der Waals surface area contributed by atoms with Crippen LogP contribution in [0, 0.1) is 0 Å². The van der Waals surface area contributed by atoms with E-state index in [2.05, 4.69) is 41.7 Å². The zero-order chi connectivity index (χ0) is 12.6. The highest BCUT2D eigenvalue weighted by molar-refractivity contribution is 7.15. The number of nitrogens with one attached hydrogen (secondary N) is 1. The molecule has 0 spiro atoms. The van der Waals surface area contributed by atoms with E-state index in [9.17, 15) is 0 Å². The first kappa shape index (κ1) is 13.3. The van der Waals surface area contributed by atoms with E-state index < -0.39 is 0 Å². The Labute approximate surface area is 113 Å². The Bertz CT molecular complexity index is 453. The van der Waals surface area contributed by atoms with Gasteiger partial charge in [-0.05, 0) is 24.6 Å². The fraction of sp³-hybridized carbons (Fsp3) is 0.333. The molecule has 18 heavy (non-hydrogen) atoms. The maximum Gasteiger partial charge on any atom is 0.0590 e. The molecular formula is C15H19NOS. The summed E-state index contributed by atoms with van der Waals surface area (Å²) in [6.45, 7) is 5.43. The van der Waals surface area contributed by atoms with E-state index >= 15 is 0 Å². The van der Waals surface area contributed by atoms with Crippen LogP contribution < -0.4 is 5.32 Å². The van der Waals surface area contributed by atoms with Crippen LogP contribution in [0.4, 0.5) is 0 Å². The summed E-state index contributed by atoms with van der Waals surface area (Å²) in [5, 5.41) is 3.39. The lowest BCUT2D eigenvalue weighted by molar-refractivity contribution is 0.149. The summed E-state index contributed by atoms with van der Waals surface area (Å²) >= 11 is 1.85. The highest BCUT2D eigenvalue weighted by atomic mass is 32.1. The van der Waals surface area contributed by atoms with Gasteiger partial charge in [0.05, 0.1) is 6.61 Å². The SMILES string of the molecule is CCOCCNCc1ccc(-c2ccccc2)s1.